The van der Waals surface area contributed by atoms with Gasteiger partial charge < -0.3 is 15.5 Å². The average Bonchev–Trinajstić information content (AvgIpc) is 2.46. The van der Waals surface area contributed by atoms with Gasteiger partial charge in [0.25, 0.3) is 5.91 Å². The van der Waals surface area contributed by atoms with E-state index in [0.717, 1.165) is 5.56 Å². The van der Waals surface area contributed by atoms with Crippen LogP contribution in [0.4, 0.5) is 0 Å². The van der Waals surface area contributed by atoms with Crippen molar-refractivity contribution in [2.45, 2.75) is 6.54 Å². The maximum absolute atomic E-state index is 12.0. The Morgan fingerprint density at radius 1 is 1.05 bits per heavy atom. The van der Waals surface area contributed by atoms with Crippen LogP contribution in [-0.2, 0) is 6.54 Å². The second kappa shape index (κ2) is 6.28. The largest absolute Gasteiger partial charge is 0.506 e. The number of carboxylic acid groups (broad SMARTS) is 1. The highest BCUT2D eigenvalue weighted by atomic mass is 35.5. The van der Waals surface area contributed by atoms with E-state index in [1.807, 2.05) is 0 Å². The molecule has 2 aromatic carbocycles. The smallest absolute Gasteiger partial charge is 0.339 e. The van der Waals surface area contributed by atoms with Gasteiger partial charge in [0.15, 0.2) is 0 Å². The molecule has 2 aromatic rings. The van der Waals surface area contributed by atoms with Crippen molar-refractivity contribution < 1.29 is 19.8 Å². The second-order valence-corrected chi connectivity index (χ2v) is 4.75. The molecule has 0 heterocycles. The van der Waals surface area contributed by atoms with Crippen molar-refractivity contribution in [1.29, 1.82) is 0 Å². The van der Waals surface area contributed by atoms with Crippen LogP contribution in [0.25, 0.3) is 0 Å². The molecule has 0 fully saturated rings. The summed E-state index contributed by atoms with van der Waals surface area (Å²) in [5.74, 6) is -2.39. The van der Waals surface area contributed by atoms with Crippen LogP contribution in [0.1, 0.15) is 26.3 Å². The number of carbonyl (C=O) groups is 2. The van der Waals surface area contributed by atoms with Crippen LogP contribution in [0, 0.1) is 0 Å². The summed E-state index contributed by atoms with van der Waals surface area (Å²) in [6.45, 7) is 0.243. The minimum Gasteiger partial charge on any atom is -0.506 e. The lowest BCUT2D eigenvalue weighted by Crippen LogP contribution is -2.23. The average molecular weight is 306 g/mol. The van der Waals surface area contributed by atoms with Crippen LogP contribution in [0.5, 0.6) is 5.75 Å². The molecule has 6 heteroatoms. The Hall–Kier alpha value is -2.53. The quantitative estimate of drug-likeness (QED) is 0.810. The maximum atomic E-state index is 12.0. The Labute approximate surface area is 125 Å². The van der Waals surface area contributed by atoms with Crippen molar-refractivity contribution in [3.05, 3.63) is 64.2 Å². The van der Waals surface area contributed by atoms with Gasteiger partial charge >= 0.3 is 5.97 Å². The summed E-state index contributed by atoms with van der Waals surface area (Å²) in [7, 11) is 0. The molecule has 0 saturated carbocycles. The van der Waals surface area contributed by atoms with Gasteiger partial charge in [0.1, 0.15) is 11.3 Å². The Morgan fingerprint density at radius 2 is 1.67 bits per heavy atom. The number of amides is 1. The van der Waals surface area contributed by atoms with Crippen LogP contribution in [-0.4, -0.2) is 22.1 Å². The first kappa shape index (κ1) is 14.9. The van der Waals surface area contributed by atoms with Gasteiger partial charge in [0.2, 0.25) is 0 Å². The standard InChI is InChI=1S/C15H12ClNO4/c16-10-6-4-9(5-7-10)8-17-14(19)11-2-1-3-12(13(11)18)15(20)21/h1-7,18H,8H2,(H,17,19)(H,20,21). The molecular formula is C15H12ClNO4. The van der Waals surface area contributed by atoms with Crippen molar-refractivity contribution in [1.82, 2.24) is 5.32 Å². The molecule has 0 aromatic heterocycles. The summed E-state index contributed by atoms with van der Waals surface area (Å²) in [6, 6.07) is 10.9. The van der Waals surface area contributed by atoms with E-state index in [1.54, 1.807) is 24.3 Å². The van der Waals surface area contributed by atoms with E-state index in [2.05, 4.69) is 5.32 Å². The molecule has 0 atom stereocenters. The van der Waals surface area contributed by atoms with E-state index < -0.39 is 17.6 Å². The molecule has 1 amide bonds. The number of phenols is 1. The summed E-state index contributed by atoms with van der Waals surface area (Å²) >= 11 is 5.76. The lowest BCUT2D eigenvalue weighted by atomic mass is 10.1. The Morgan fingerprint density at radius 3 is 2.29 bits per heavy atom. The number of halogens is 1. The predicted molar refractivity (Wildman–Crippen MR) is 77.7 cm³/mol. The number of para-hydroxylation sites is 1. The summed E-state index contributed by atoms with van der Waals surface area (Å²) in [5, 5.41) is 21.9. The van der Waals surface area contributed by atoms with Crippen molar-refractivity contribution in [2.24, 2.45) is 0 Å². The molecule has 0 bridgehead atoms. The molecule has 0 radical (unpaired) electrons. The molecule has 5 nitrogen and oxygen atoms in total. The highest BCUT2D eigenvalue weighted by molar-refractivity contribution is 6.30. The third kappa shape index (κ3) is 3.52. The molecule has 108 valence electrons. The predicted octanol–water partition coefficient (Wildman–Crippen LogP) is 2.67. The minimum absolute atomic E-state index is 0.0798. The third-order valence-electron chi connectivity index (χ3n) is 2.88. The fourth-order valence-corrected chi connectivity index (χ4v) is 1.91. The first-order valence-electron chi connectivity index (χ1n) is 6.07. The Bertz CT molecular complexity index is 683. The molecule has 2 rings (SSSR count). The van der Waals surface area contributed by atoms with Crippen molar-refractivity contribution in [3.63, 3.8) is 0 Å². The molecule has 0 saturated heterocycles. The summed E-state index contributed by atoms with van der Waals surface area (Å²) in [5.41, 5.74) is 0.444. The van der Waals surface area contributed by atoms with E-state index in [-0.39, 0.29) is 17.7 Å². The van der Waals surface area contributed by atoms with Crippen LogP contribution in [0.2, 0.25) is 5.02 Å². The zero-order valence-corrected chi connectivity index (χ0v) is 11.6. The third-order valence-corrected chi connectivity index (χ3v) is 3.13. The maximum Gasteiger partial charge on any atom is 0.339 e. The number of carbonyl (C=O) groups excluding carboxylic acids is 1. The fourth-order valence-electron chi connectivity index (χ4n) is 1.78. The van der Waals surface area contributed by atoms with Gasteiger partial charge in [-0.25, -0.2) is 4.79 Å². The molecule has 21 heavy (non-hydrogen) atoms. The first-order valence-corrected chi connectivity index (χ1v) is 6.44. The van der Waals surface area contributed by atoms with Gasteiger partial charge in [0, 0.05) is 11.6 Å². The van der Waals surface area contributed by atoms with Crippen molar-refractivity contribution in [2.75, 3.05) is 0 Å². The number of carboxylic acids is 1. The van der Waals surface area contributed by atoms with E-state index in [9.17, 15) is 14.7 Å². The van der Waals surface area contributed by atoms with Gasteiger partial charge in [-0.15, -0.1) is 0 Å². The first-order chi connectivity index (χ1) is 9.99. The van der Waals surface area contributed by atoms with E-state index in [0.29, 0.717) is 5.02 Å². The number of rotatable bonds is 4. The van der Waals surface area contributed by atoms with Crippen molar-refractivity contribution >= 4 is 23.5 Å². The minimum atomic E-state index is -1.29. The number of aromatic carboxylic acids is 1. The van der Waals surface area contributed by atoms with E-state index in [1.165, 1.54) is 18.2 Å². The Kier molecular flexibility index (Phi) is 4.45. The lowest BCUT2D eigenvalue weighted by molar-refractivity contribution is 0.0693. The van der Waals surface area contributed by atoms with Gasteiger partial charge in [-0.1, -0.05) is 29.8 Å². The van der Waals surface area contributed by atoms with Crippen LogP contribution >= 0.6 is 11.6 Å². The molecule has 0 aliphatic rings. The Balaban J connectivity index is 2.12. The molecule has 0 spiro atoms. The van der Waals surface area contributed by atoms with Gasteiger partial charge in [0.05, 0.1) is 5.56 Å². The second-order valence-electron chi connectivity index (χ2n) is 4.32. The molecule has 0 unspecified atom stereocenters. The lowest BCUT2D eigenvalue weighted by Gasteiger charge is -2.08. The summed E-state index contributed by atoms with van der Waals surface area (Å²) in [6.07, 6.45) is 0. The van der Waals surface area contributed by atoms with E-state index in [4.69, 9.17) is 16.7 Å². The molecular weight excluding hydrogens is 294 g/mol. The molecule has 0 aliphatic carbocycles. The van der Waals surface area contributed by atoms with Crippen LogP contribution < -0.4 is 5.32 Å². The molecule has 3 N–H and O–H groups in total. The molecule has 0 aliphatic heterocycles. The van der Waals surface area contributed by atoms with E-state index >= 15 is 0 Å². The number of benzene rings is 2. The number of aromatic hydroxyl groups is 1. The number of hydrogen-bond donors (Lipinski definition) is 3. The van der Waals surface area contributed by atoms with Gasteiger partial charge in [-0.05, 0) is 29.8 Å². The number of nitrogens with one attached hydrogen (secondary N) is 1. The fraction of sp³-hybridized carbons (Fsp3) is 0.0667. The number of hydrogen-bond acceptors (Lipinski definition) is 3. The van der Waals surface area contributed by atoms with Crippen LogP contribution in [0.15, 0.2) is 42.5 Å². The zero-order chi connectivity index (χ0) is 15.4. The van der Waals surface area contributed by atoms with Gasteiger partial charge in [-0.2, -0.15) is 0 Å². The SMILES string of the molecule is O=C(O)c1cccc(C(=O)NCc2ccc(Cl)cc2)c1O. The highest BCUT2D eigenvalue weighted by Gasteiger charge is 2.17. The van der Waals surface area contributed by atoms with Crippen molar-refractivity contribution in [3.8, 4) is 5.75 Å². The normalized spacial score (nSPS) is 10.1. The van der Waals surface area contributed by atoms with Crippen LogP contribution in [0.3, 0.4) is 0 Å². The summed E-state index contributed by atoms with van der Waals surface area (Å²) in [4.78, 5) is 22.9. The topological polar surface area (TPSA) is 86.6 Å². The highest BCUT2D eigenvalue weighted by Crippen LogP contribution is 2.22. The zero-order valence-electron chi connectivity index (χ0n) is 10.8. The van der Waals surface area contributed by atoms with Gasteiger partial charge in [-0.3, -0.25) is 4.79 Å². The summed E-state index contributed by atoms with van der Waals surface area (Å²) < 4.78 is 0. The monoisotopic (exact) mass is 305 g/mol.